The monoisotopic (exact) mass is 243 g/mol. The highest BCUT2D eigenvalue weighted by molar-refractivity contribution is 5.36. The summed E-state index contributed by atoms with van der Waals surface area (Å²) < 4.78 is 18.1. The van der Waals surface area contributed by atoms with Crippen LogP contribution in [0.25, 0.3) is 0 Å². The predicted molar refractivity (Wildman–Crippen MR) is 62.5 cm³/mol. The van der Waals surface area contributed by atoms with Gasteiger partial charge in [0.1, 0.15) is 17.7 Å². The van der Waals surface area contributed by atoms with E-state index in [0.29, 0.717) is 18.7 Å². The van der Waals surface area contributed by atoms with Crippen LogP contribution in [-0.2, 0) is 0 Å². The van der Waals surface area contributed by atoms with E-state index in [1.807, 2.05) is 0 Å². The molecular weight excluding hydrogens is 225 g/mol. The van der Waals surface area contributed by atoms with Gasteiger partial charge in [0.15, 0.2) is 0 Å². The van der Waals surface area contributed by atoms with E-state index in [9.17, 15) is 14.6 Å². The third-order valence-corrected chi connectivity index (χ3v) is 2.56. The molecule has 1 aromatic rings. The Hall–Kier alpha value is -1.17. The Morgan fingerprint density at radius 3 is 2.71 bits per heavy atom. The van der Waals surface area contributed by atoms with Gasteiger partial charge in [0.05, 0.1) is 13.2 Å². The van der Waals surface area contributed by atoms with Gasteiger partial charge in [-0.3, -0.25) is 0 Å². The lowest BCUT2D eigenvalue weighted by Gasteiger charge is -2.20. The van der Waals surface area contributed by atoms with E-state index >= 15 is 0 Å². The van der Waals surface area contributed by atoms with Crippen molar-refractivity contribution < 1.29 is 19.3 Å². The first-order valence-electron chi connectivity index (χ1n) is 5.44. The second-order valence-corrected chi connectivity index (χ2v) is 3.79. The Bertz CT molecular complexity index is 360. The molecule has 0 saturated carbocycles. The molecular formula is C12H18FNO3. The highest BCUT2D eigenvalue weighted by Gasteiger charge is 2.21. The summed E-state index contributed by atoms with van der Waals surface area (Å²) in [6.07, 6.45) is -1.75. The molecule has 1 rings (SSSR count). The Labute approximate surface area is 100 Å². The van der Waals surface area contributed by atoms with Gasteiger partial charge in [-0.1, -0.05) is 0 Å². The minimum absolute atomic E-state index is 0.260. The summed E-state index contributed by atoms with van der Waals surface area (Å²) in [7, 11) is 3.19. The fraction of sp³-hybridized carbons (Fsp3) is 0.500. The van der Waals surface area contributed by atoms with Crippen LogP contribution >= 0.6 is 0 Å². The molecule has 0 amide bonds. The smallest absolute Gasteiger partial charge is 0.124 e. The number of hydrogen-bond donors (Lipinski definition) is 3. The zero-order valence-corrected chi connectivity index (χ0v) is 9.98. The fourth-order valence-electron chi connectivity index (χ4n) is 1.59. The SMILES string of the molecule is CNCCC(O)C(O)c1cc(F)ccc1OC. The van der Waals surface area contributed by atoms with Crippen molar-refractivity contribution in [3.63, 3.8) is 0 Å². The normalized spacial score (nSPS) is 14.4. The quantitative estimate of drug-likeness (QED) is 0.693. The Balaban J connectivity index is 2.86. The van der Waals surface area contributed by atoms with E-state index in [4.69, 9.17) is 4.74 Å². The van der Waals surface area contributed by atoms with Crippen LogP contribution < -0.4 is 10.1 Å². The summed E-state index contributed by atoms with van der Waals surface area (Å²) >= 11 is 0. The van der Waals surface area contributed by atoms with Gasteiger partial charge in [0, 0.05) is 5.56 Å². The summed E-state index contributed by atoms with van der Waals surface area (Å²) in [5.41, 5.74) is 0.260. The maximum atomic E-state index is 13.1. The molecule has 2 atom stereocenters. The first-order chi connectivity index (χ1) is 8.10. The zero-order chi connectivity index (χ0) is 12.8. The first kappa shape index (κ1) is 13.9. The number of ether oxygens (including phenoxy) is 1. The molecule has 5 heteroatoms. The lowest BCUT2D eigenvalue weighted by Crippen LogP contribution is -2.23. The summed E-state index contributed by atoms with van der Waals surface area (Å²) in [6.45, 7) is 0.565. The Kier molecular flexibility index (Phi) is 5.34. The van der Waals surface area contributed by atoms with Crippen molar-refractivity contribution in [1.82, 2.24) is 5.32 Å². The van der Waals surface area contributed by atoms with E-state index in [-0.39, 0.29) is 5.56 Å². The topological polar surface area (TPSA) is 61.7 Å². The van der Waals surface area contributed by atoms with Gasteiger partial charge in [-0.2, -0.15) is 0 Å². The molecule has 0 fully saturated rings. The van der Waals surface area contributed by atoms with Crippen LogP contribution in [0.4, 0.5) is 4.39 Å². The highest BCUT2D eigenvalue weighted by atomic mass is 19.1. The van der Waals surface area contributed by atoms with Gasteiger partial charge in [0.2, 0.25) is 0 Å². The van der Waals surface area contributed by atoms with Crippen LogP contribution in [0.1, 0.15) is 18.1 Å². The molecule has 96 valence electrons. The van der Waals surface area contributed by atoms with Crippen molar-refractivity contribution in [3.05, 3.63) is 29.6 Å². The van der Waals surface area contributed by atoms with Gasteiger partial charge < -0.3 is 20.3 Å². The molecule has 3 N–H and O–H groups in total. The maximum absolute atomic E-state index is 13.1. The van der Waals surface area contributed by atoms with Crippen LogP contribution in [-0.4, -0.2) is 37.0 Å². The molecule has 0 spiro atoms. The van der Waals surface area contributed by atoms with Crippen molar-refractivity contribution in [2.75, 3.05) is 20.7 Å². The second-order valence-electron chi connectivity index (χ2n) is 3.79. The largest absolute Gasteiger partial charge is 0.496 e. The zero-order valence-electron chi connectivity index (χ0n) is 9.98. The van der Waals surface area contributed by atoms with Gasteiger partial charge in [-0.15, -0.1) is 0 Å². The number of nitrogens with one attached hydrogen (secondary N) is 1. The number of aliphatic hydroxyl groups excluding tert-OH is 2. The molecule has 0 aliphatic carbocycles. The van der Waals surface area contributed by atoms with Crippen LogP contribution in [0.15, 0.2) is 18.2 Å². The van der Waals surface area contributed by atoms with Gasteiger partial charge in [0.25, 0.3) is 0 Å². The Morgan fingerprint density at radius 1 is 1.41 bits per heavy atom. The van der Waals surface area contributed by atoms with Gasteiger partial charge in [-0.05, 0) is 38.2 Å². The van der Waals surface area contributed by atoms with Gasteiger partial charge in [-0.25, -0.2) is 4.39 Å². The number of hydrogen-bond acceptors (Lipinski definition) is 4. The Morgan fingerprint density at radius 2 is 2.12 bits per heavy atom. The number of rotatable bonds is 6. The van der Waals surface area contributed by atoms with Crippen molar-refractivity contribution in [3.8, 4) is 5.75 Å². The minimum atomic E-state index is -1.16. The van der Waals surface area contributed by atoms with Crippen LogP contribution in [0.2, 0.25) is 0 Å². The van der Waals surface area contributed by atoms with Crippen LogP contribution in [0.3, 0.4) is 0 Å². The van der Waals surface area contributed by atoms with E-state index in [1.54, 1.807) is 7.05 Å². The summed E-state index contributed by atoms with van der Waals surface area (Å²) in [4.78, 5) is 0. The molecule has 0 saturated heterocycles. The predicted octanol–water partition coefficient (Wildman–Crippen LogP) is 0.838. The highest BCUT2D eigenvalue weighted by Crippen LogP contribution is 2.28. The van der Waals surface area contributed by atoms with Gasteiger partial charge >= 0.3 is 0 Å². The van der Waals surface area contributed by atoms with Crippen molar-refractivity contribution >= 4 is 0 Å². The molecule has 17 heavy (non-hydrogen) atoms. The first-order valence-corrected chi connectivity index (χ1v) is 5.44. The standard InChI is InChI=1S/C12H18FNO3/c1-14-6-5-10(15)12(16)9-7-8(13)3-4-11(9)17-2/h3-4,7,10,12,14-16H,5-6H2,1-2H3. The lowest BCUT2D eigenvalue weighted by atomic mass is 10.0. The molecule has 0 heterocycles. The average molecular weight is 243 g/mol. The third-order valence-electron chi connectivity index (χ3n) is 2.56. The van der Waals surface area contributed by atoms with E-state index in [1.165, 1.54) is 25.3 Å². The molecule has 2 unspecified atom stereocenters. The minimum Gasteiger partial charge on any atom is -0.496 e. The number of methoxy groups -OCH3 is 1. The third kappa shape index (κ3) is 3.66. The molecule has 0 aliphatic heterocycles. The molecule has 0 aliphatic rings. The summed E-state index contributed by atoms with van der Waals surface area (Å²) in [6, 6.07) is 3.85. The molecule has 1 aromatic carbocycles. The lowest BCUT2D eigenvalue weighted by molar-refractivity contribution is 0.0125. The molecule has 4 nitrogen and oxygen atoms in total. The van der Waals surface area contributed by atoms with E-state index < -0.39 is 18.0 Å². The molecule has 0 bridgehead atoms. The van der Waals surface area contributed by atoms with Crippen LogP contribution in [0.5, 0.6) is 5.75 Å². The maximum Gasteiger partial charge on any atom is 0.124 e. The summed E-state index contributed by atoms with van der Waals surface area (Å²) in [5, 5.41) is 22.5. The molecule has 0 radical (unpaired) electrons. The van der Waals surface area contributed by atoms with Crippen molar-refractivity contribution in [1.29, 1.82) is 0 Å². The fourth-order valence-corrected chi connectivity index (χ4v) is 1.59. The average Bonchev–Trinajstić information content (AvgIpc) is 2.34. The number of aliphatic hydroxyl groups is 2. The van der Waals surface area contributed by atoms with Crippen molar-refractivity contribution in [2.45, 2.75) is 18.6 Å². The van der Waals surface area contributed by atoms with Crippen molar-refractivity contribution in [2.24, 2.45) is 0 Å². The van der Waals surface area contributed by atoms with Crippen LogP contribution in [0, 0.1) is 5.82 Å². The number of halogens is 1. The summed E-state index contributed by atoms with van der Waals surface area (Å²) in [5.74, 6) is -0.108. The second kappa shape index (κ2) is 6.54. The molecule has 0 aromatic heterocycles. The number of benzene rings is 1. The van der Waals surface area contributed by atoms with E-state index in [0.717, 1.165) is 0 Å². The van der Waals surface area contributed by atoms with E-state index in [2.05, 4.69) is 5.32 Å².